The van der Waals surface area contributed by atoms with E-state index < -0.39 is 0 Å². The molecule has 0 bridgehead atoms. The normalized spacial score (nSPS) is 24.0. The summed E-state index contributed by atoms with van der Waals surface area (Å²) in [5.41, 5.74) is 3.66. The van der Waals surface area contributed by atoms with Gasteiger partial charge in [-0.15, -0.1) is 0 Å². The van der Waals surface area contributed by atoms with Gasteiger partial charge in [0.25, 0.3) is 0 Å². The Morgan fingerprint density at radius 1 is 1.20 bits per heavy atom. The van der Waals surface area contributed by atoms with E-state index in [4.69, 9.17) is 0 Å². The van der Waals surface area contributed by atoms with Gasteiger partial charge in [0, 0.05) is 50.5 Å². The smallest absolute Gasteiger partial charge is 0.239 e. The van der Waals surface area contributed by atoms with Gasteiger partial charge in [-0.05, 0) is 46.7 Å². The number of carbonyl (C=O) groups is 1. The van der Waals surface area contributed by atoms with E-state index >= 15 is 0 Å². The second-order valence-electron chi connectivity index (χ2n) is 7.54. The summed E-state index contributed by atoms with van der Waals surface area (Å²) in [5, 5.41) is 4.59. The molecule has 0 spiro atoms. The van der Waals surface area contributed by atoms with Crippen LogP contribution in [-0.4, -0.2) is 75.7 Å². The third kappa shape index (κ3) is 3.47. The van der Waals surface area contributed by atoms with E-state index in [-0.39, 0.29) is 6.04 Å². The van der Waals surface area contributed by atoms with Crippen molar-refractivity contribution in [3.63, 3.8) is 0 Å². The molecular formula is C19H33N5O. The van der Waals surface area contributed by atoms with Crippen molar-refractivity contribution >= 4 is 5.91 Å². The lowest BCUT2D eigenvalue weighted by Gasteiger charge is -2.38. The molecule has 2 saturated heterocycles. The van der Waals surface area contributed by atoms with Crippen LogP contribution in [0, 0.1) is 13.8 Å². The van der Waals surface area contributed by atoms with Crippen molar-refractivity contribution in [1.29, 1.82) is 0 Å². The van der Waals surface area contributed by atoms with Crippen LogP contribution >= 0.6 is 0 Å². The Morgan fingerprint density at radius 2 is 1.88 bits per heavy atom. The molecule has 140 valence electrons. The first-order chi connectivity index (χ1) is 11.9. The maximum absolute atomic E-state index is 13.1. The number of likely N-dealkylation sites (N-methyl/N-ethyl adjacent to an activating group) is 1. The summed E-state index contributed by atoms with van der Waals surface area (Å²) in [6.45, 7) is 14.3. The fourth-order valence-corrected chi connectivity index (χ4v) is 4.53. The minimum Gasteiger partial charge on any atom is -0.339 e. The number of aromatic nitrogens is 2. The Bertz CT molecular complexity index is 618. The van der Waals surface area contributed by atoms with Crippen molar-refractivity contribution in [3.8, 4) is 0 Å². The van der Waals surface area contributed by atoms with Crippen molar-refractivity contribution in [2.75, 3.05) is 39.3 Å². The molecule has 0 saturated carbocycles. The second-order valence-corrected chi connectivity index (χ2v) is 7.54. The average Bonchev–Trinajstić information content (AvgIpc) is 3.18. The lowest BCUT2D eigenvalue weighted by Crippen LogP contribution is -2.54. The van der Waals surface area contributed by atoms with Crippen molar-refractivity contribution in [2.24, 2.45) is 7.05 Å². The predicted molar refractivity (Wildman–Crippen MR) is 99.5 cm³/mol. The first kappa shape index (κ1) is 18.4. The van der Waals surface area contributed by atoms with Crippen LogP contribution in [0.5, 0.6) is 0 Å². The highest BCUT2D eigenvalue weighted by molar-refractivity contribution is 5.81. The number of hydrogen-bond acceptors (Lipinski definition) is 4. The minimum atomic E-state index is -0.0558. The van der Waals surface area contributed by atoms with Crippen LogP contribution in [-0.2, 0) is 11.8 Å². The van der Waals surface area contributed by atoms with E-state index in [1.165, 1.54) is 11.3 Å². The summed E-state index contributed by atoms with van der Waals surface area (Å²) >= 11 is 0. The van der Waals surface area contributed by atoms with Gasteiger partial charge in [0.15, 0.2) is 0 Å². The Hall–Kier alpha value is -1.40. The monoisotopic (exact) mass is 347 g/mol. The van der Waals surface area contributed by atoms with Gasteiger partial charge in [0.1, 0.15) is 0 Å². The van der Waals surface area contributed by atoms with Gasteiger partial charge < -0.3 is 9.80 Å². The first-order valence-electron chi connectivity index (χ1n) is 9.71. The lowest BCUT2D eigenvalue weighted by atomic mass is 10.0. The summed E-state index contributed by atoms with van der Waals surface area (Å²) in [4.78, 5) is 20.0. The molecule has 0 radical (unpaired) electrons. The third-order valence-corrected chi connectivity index (χ3v) is 6.18. The molecular weight excluding hydrogens is 314 g/mol. The SMILES string of the molecule is CCN1CCN(C(=O)C(C)N2CCCC2c2c(C)nn(C)c2C)CC1. The van der Waals surface area contributed by atoms with E-state index in [0.29, 0.717) is 11.9 Å². The van der Waals surface area contributed by atoms with Crippen LogP contribution in [0.25, 0.3) is 0 Å². The van der Waals surface area contributed by atoms with Crippen LogP contribution in [0.15, 0.2) is 0 Å². The molecule has 1 amide bonds. The number of carbonyl (C=O) groups excluding carboxylic acids is 1. The Morgan fingerprint density at radius 3 is 2.44 bits per heavy atom. The van der Waals surface area contributed by atoms with Crippen LogP contribution < -0.4 is 0 Å². The predicted octanol–water partition coefficient (Wildman–Crippen LogP) is 1.73. The molecule has 2 unspecified atom stereocenters. The summed E-state index contributed by atoms with van der Waals surface area (Å²) < 4.78 is 1.97. The highest BCUT2D eigenvalue weighted by atomic mass is 16.2. The molecule has 2 atom stereocenters. The summed E-state index contributed by atoms with van der Waals surface area (Å²) in [6, 6.07) is 0.268. The highest BCUT2D eigenvalue weighted by Gasteiger charge is 2.37. The molecule has 3 rings (SSSR count). The largest absolute Gasteiger partial charge is 0.339 e. The lowest BCUT2D eigenvalue weighted by molar-refractivity contribution is -0.138. The fraction of sp³-hybridized carbons (Fsp3) is 0.789. The molecule has 25 heavy (non-hydrogen) atoms. The Balaban J connectivity index is 1.72. The van der Waals surface area contributed by atoms with Gasteiger partial charge in [0.2, 0.25) is 5.91 Å². The molecule has 2 fully saturated rings. The zero-order chi connectivity index (χ0) is 18.1. The van der Waals surface area contributed by atoms with Gasteiger partial charge in [0.05, 0.1) is 11.7 Å². The summed E-state index contributed by atoms with van der Waals surface area (Å²) in [5.74, 6) is 0.293. The van der Waals surface area contributed by atoms with Crippen LogP contribution in [0.4, 0.5) is 0 Å². The van der Waals surface area contributed by atoms with Gasteiger partial charge in [-0.3, -0.25) is 14.4 Å². The maximum Gasteiger partial charge on any atom is 0.239 e. The number of aryl methyl sites for hydroxylation is 2. The molecule has 1 aromatic rings. The Kier molecular flexibility index (Phi) is 5.49. The molecule has 3 heterocycles. The van der Waals surface area contributed by atoms with Crippen LogP contribution in [0.1, 0.15) is 49.7 Å². The van der Waals surface area contributed by atoms with Gasteiger partial charge in [-0.2, -0.15) is 5.10 Å². The summed E-state index contributed by atoms with van der Waals surface area (Å²) in [6.07, 6.45) is 2.27. The molecule has 0 aromatic carbocycles. The number of piperazine rings is 1. The topological polar surface area (TPSA) is 44.6 Å². The molecule has 1 aromatic heterocycles. The second kappa shape index (κ2) is 7.46. The maximum atomic E-state index is 13.1. The van der Waals surface area contributed by atoms with Gasteiger partial charge in [-0.1, -0.05) is 6.92 Å². The molecule has 6 heteroatoms. The zero-order valence-corrected chi connectivity index (χ0v) is 16.5. The van der Waals surface area contributed by atoms with E-state index in [1.807, 2.05) is 11.7 Å². The third-order valence-electron chi connectivity index (χ3n) is 6.18. The van der Waals surface area contributed by atoms with E-state index in [2.05, 4.69) is 47.5 Å². The number of likely N-dealkylation sites (tertiary alicyclic amines) is 1. The standard InChI is InChI=1S/C19H33N5O/c1-6-22-10-12-23(13-11-22)19(25)16(4)24-9-7-8-17(24)18-14(2)20-21(5)15(18)3/h16-17H,6-13H2,1-5H3. The van der Waals surface area contributed by atoms with E-state index in [9.17, 15) is 4.79 Å². The number of nitrogens with zero attached hydrogens (tertiary/aromatic N) is 5. The molecule has 6 nitrogen and oxygen atoms in total. The number of hydrogen-bond donors (Lipinski definition) is 0. The van der Waals surface area contributed by atoms with E-state index in [1.54, 1.807) is 0 Å². The fourth-order valence-electron chi connectivity index (χ4n) is 4.53. The minimum absolute atomic E-state index is 0.0558. The van der Waals surface area contributed by atoms with Crippen molar-refractivity contribution in [2.45, 2.75) is 52.6 Å². The summed E-state index contributed by atoms with van der Waals surface area (Å²) in [7, 11) is 2.01. The van der Waals surface area contributed by atoms with Gasteiger partial charge >= 0.3 is 0 Å². The Labute approximate surface area is 151 Å². The van der Waals surface area contributed by atoms with Crippen LogP contribution in [0.2, 0.25) is 0 Å². The quantitative estimate of drug-likeness (QED) is 0.832. The van der Waals surface area contributed by atoms with Crippen molar-refractivity contribution < 1.29 is 4.79 Å². The zero-order valence-electron chi connectivity index (χ0n) is 16.5. The highest BCUT2D eigenvalue weighted by Crippen LogP contribution is 2.37. The molecule has 0 aliphatic carbocycles. The molecule has 2 aliphatic heterocycles. The molecule has 2 aliphatic rings. The van der Waals surface area contributed by atoms with Crippen molar-refractivity contribution in [3.05, 3.63) is 17.0 Å². The van der Waals surface area contributed by atoms with Gasteiger partial charge in [-0.25, -0.2) is 0 Å². The van der Waals surface area contributed by atoms with E-state index in [0.717, 1.165) is 57.8 Å². The number of amides is 1. The molecule has 0 N–H and O–H groups in total. The van der Waals surface area contributed by atoms with Crippen molar-refractivity contribution in [1.82, 2.24) is 24.5 Å². The van der Waals surface area contributed by atoms with Crippen LogP contribution in [0.3, 0.4) is 0 Å². The average molecular weight is 348 g/mol. The first-order valence-corrected chi connectivity index (χ1v) is 9.71. The number of rotatable bonds is 4.